The van der Waals surface area contributed by atoms with Crippen molar-refractivity contribution in [2.75, 3.05) is 10.0 Å². The van der Waals surface area contributed by atoms with Gasteiger partial charge in [-0.15, -0.1) is 11.3 Å². The molecular formula is C21H23N3O4S2. The first kappa shape index (κ1) is 21.8. The van der Waals surface area contributed by atoms with E-state index in [1.165, 1.54) is 41.8 Å². The summed E-state index contributed by atoms with van der Waals surface area (Å²) in [4.78, 5) is 16.5. The minimum Gasteiger partial charge on any atom is -0.481 e. The molecule has 1 aromatic heterocycles. The predicted octanol–water partition coefficient (Wildman–Crippen LogP) is 4.28. The molecule has 3 rings (SSSR count). The molecule has 3 aromatic rings. The van der Waals surface area contributed by atoms with Crippen LogP contribution >= 0.6 is 11.3 Å². The van der Waals surface area contributed by atoms with Crippen molar-refractivity contribution in [3.8, 4) is 5.75 Å². The molecule has 0 saturated heterocycles. The summed E-state index contributed by atoms with van der Waals surface area (Å²) in [6, 6.07) is 9.87. The first-order chi connectivity index (χ1) is 14.2. The second-order valence-electron chi connectivity index (χ2n) is 6.92. The number of aryl methyl sites for hydroxylation is 2. The predicted molar refractivity (Wildman–Crippen MR) is 119 cm³/mol. The van der Waals surface area contributed by atoms with E-state index >= 15 is 0 Å². The molecule has 0 spiro atoms. The van der Waals surface area contributed by atoms with Crippen LogP contribution in [0.15, 0.2) is 52.9 Å². The van der Waals surface area contributed by atoms with E-state index in [1.807, 2.05) is 26.8 Å². The molecule has 2 N–H and O–H groups in total. The highest BCUT2D eigenvalue weighted by Gasteiger charge is 2.18. The number of carbonyl (C=O) groups excluding carboxylic acids is 1. The number of amides is 1. The maximum Gasteiger partial charge on any atom is 0.265 e. The Bertz CT molecular complexity index is 1140. The van der Waals surface area contributed by atoms with E-state index in [2.05, 4.69) is 21.1 Å². The van der Waals surface area contributed by atoms with Gasteiger partial charge in [0.25, 0.3) is 15.9 Å². The number of ether oxygens (including phenoxy) is 1. The van der Waals surface area contributed by atoms with Gasteiger partial charge < -0.3 is 10.1 Å². The fourth-order valence-electron chi connectivity index (χ4n) is 2.78. The topological polar surface area (TPSA) is 97.4 Å². The van der Waals surface area contributed by atoms with Crippen LogP contribution in [0, 0.1) is 20.8 Å². The summed E-state index contributed by atoms with van der Waals surface area (Å²) in [5, 5.41) is 4.72. The minimum absolute atomic E-state index is 0.0749. The lowest BCUT2D eigenvalue weighted by atomic mass is 10.1. The number of carbonyl (C=O) groups is 1. The van der Waals surface area contributed by atoms with Crippen LogP contribution in [0.25, 0.3) is 0 Å². The summed E-state index contributed by atoms with van der Waals surface area (Å²) in [5.74, 6) is 0.343. The number of thiazole rings is 1. The van der Waals surface area contributed by atoms with Gasteiger partial charge in [-0.1, -0.05) is 6.07 Å². The van der Waals surface area contributed by atoms with E-state index in [-0.39, 0.29) is 10.8 Å². The van der Waals surface area contributed by atoms with Gasteiger partial charge in [0.2, 0.25) is 0 Å². The molecule has 0 fully saturated rings. The maximum atomic E-state index is 12.5. The highest BCUT2D eigenvalue weighted by atomic mass is 32.2. The zero-order chi connectivity index (χ0) is 21.9. The van der Waals surface area contributed by atoms with E-state index in [0.29, 0.717) is 16.6 Å². The van der Waals surface area contributed by atoms with Gasteiger partial charge in [-0.2, -0.15) is 0 Å². The first-order valence-corrected chi connectivity index (χ1v) is 11.6. The number of nitrogens with one attached hydrogen (secondary N) is 2. The van der Waals surface area contributed by atoms with Crippen molar-refractivity contribution in [3.63, 3.8) is 0 Å². The van der Waals surface area contributed by atoms with E-state index in [0.717, 1.165) is 16.7 Å². The molecular weight excluding hydrogens is 422 g/mol. The molecule has 7 nitrogen and oxygen atoms in total. The highest BCUT2D eigenvalue weighted by Crippen LogP contribution is 2.25. The third-order valence-corrected chi connectivity index (χ3v) is 6.70. The number of anilines is 2. The number of benzene rings is 2. The summed E-state index contributed by atoms with van der Waals surface area (Å²) in [5.41, 5.74) is 3.62. The summed E-state index contributed by atoms with van der Waals surface area (Å²) < 4.78 is 33.0. The molecule has 0 saturated carbocycles. The number of hydrogen-bond acceptors (Lipinski definition) is 6. The monoisotopic (exact) mass is 445 g/mol. The Morgan fingerprint density at radius 1 is 1.13 bits per heavy atom. The standard InChI is InChI=1S/C21H23N3O4S2/c1-13-11-14(2)15(3)19(12-13)28-16(4)20(25)23-17-5-7-18(8-6-17)30(26,27)24-21-22-9-10-29-21/h5-12,16H,1-4H3,(H,22,24)(H,23,25)/t16-/m0/s1. The molecule has 0 bridgehead atoms. The number of rotatable bonds is 7. The van der Waals surface area contributed by atoms with Gasteiger partial charge in [-0.3, -0.25) is 9.52 Å². The molecule has 0 unspecified atom stereocenters. The van der Waals surface area contributed by atoms with Crippen LogP contribution in [0.5, 0.6) is 5.75 Å². The molecule has 30 heavy (non-hydrogen) atoms. The molecule has 0 radical (unpaired) electrons. The second kappa shape index (κ2) is 8.85. The second-order valence-corrected chi connectivity index (χ2v) is 9.50. The summed E-state index contributed by atoms with van der Waals surface area (Å²) in [6.07, 6.45) is 0.795. The average molecular weight is 446 g/mol. The zero-order valence-corrected chi connectivity index (χ0v) is 18.7. The quantitative estimate of drug-likeness (QED) is 0.566. The Hall–Kier alpha value is -2.91. The van der Waals surface area contributed by atoms with Crippen molar-refractivity contribution < 1.29 is 17.9 Å². The summed E-state index contributed by atoms with van der Waals surface area (Å²) in [6.45, 7) is 7.60. The fraction of sp³-hybridized carbons (Fsp3) is 0.238. The Morgan fingerprint density at radius 3 is 2.47 bits per heavy atom. The van der Waals surface area contributed by atoms with E-state index < -0.39 is 16.1 Å². The van der Waals surface area contributed by atoms with Crippen molar-refractivity contribution in [2.24, 2.45) is 0 Å². The molecule has 0 aliphatic rings. The lowest BCUT2D eigenvalue weighted by Gasteiger charge is -2.18. The first-order valence-electron chi connectivity index (χ1n) is 9.23. The van der Waals surface area contributed by atoms with Crippen molar-refractivity contribution in [3.05, 3.63) is 64.7 Å². The van der Waals surface area contributed by atoms with Gasteiger partial charge in [0, 0.05) is 17.3 Å². The third-order valence-electron chi connectivity index (χ3n) is 4.52. The smallest absolute Gasteiger partial charge is 0.265 e. The van der Waals surface area contributed by atoms with Gasteiger partial charge in [-0.25, -0.2) is 13.4 Å². The number of sulfonamides is 1. The minimum atomic E-state index is -3.74. The van der Waals surface area contributed by atoms with Crippen molar-refractivity contribution in [2.45, 2.75) is 38.7 Å². The zero-order valence-electron chi connectivity index (χ0n) is 17.1. The van der Waals surface area contributed by atoms with Gasteiger partial charge in [-0.05, 0) is 74.7 Å². The Morgan fingerprint density at radius 2 is 1.83 bits per heavy atom. The molecule has 1 amide bonds. The molecule has 158 valence electrons. The fourth-order valence-corrected chi connectivity index (χ4v) is 4.56. The lowest BCUT2D eigenvalue weighted by Crippen LogP contribution is -2.30. The molecule has 2 aromatic carbocycles. The average Bonchev–Trinajstić information content (AvgIpc) is 3.18. The van der Waals surface area contributed by atoms with Crippen LogP contribution < -0.4 is 14.8 Å². The molecule has 9 heteroatoms. The van der Waals surface area contributed by atoms with Gasteiger partial charge >= 0.3 is 0 Å². The normalized spacial score (nSPS) is 12.3. The maximum absolute atomic E-state index is 12.5. The van der Waals surface area contributed by atoms with Crippen molar-refractivity contribution in [1.29, 1.82) is 0 Å². The number of hydrogen-bond donors (Lipinski definition) is 2. The van der Waals surface area contributed by atoms with Gasteiger partial charge in [0.15, 0.2) is 11.2 Å². The Labute approximate surface area is 180 Å². The number of aromatic nitrogens is 1. The van der Waals surface area contributed by atoms with Gasteiger partial charge in [0.05, 0.1) is 4.90 Å². The molecule has 1 heterocycles. The summed E-state index contributed by atoms with van der Waals surface area (Å²) >= 11 is 1.19. The SMILES string of the molecule is Cc1cc(C)c(C)c(O[C@@H](C)C(=O)Nc2ccc(S(=O)(=O)Nc3nccs3)cc2)c1. The molecule has 0 aliphatic carbocycles. The van der Waals surface area contributed by atoms with Crippen molar-refractivity contribution in [1.82, 2.24) is 4.98 Å². The molecule has 0 aliphatic heterocycles. The van der Waals surface area contributed by atoms with Crippen LogP contribution in [0.2, 0.25) is 0 Å². The number of nitrogens with zero attached hydrogens (tertiary/aromatic N) is 1. The van der Waals surface area contributed by atoms with Crippen LogP contribution in [0.4, 0.5) is 10.8 Å². The Kier molecular flexibility index (Phi) is 6.42. The largest absolute Gasteiger partial charge is 0.481 e. The van der Waals surface area contributed by atoms with Gasteiger partial charge in [0.1, 0.15) is 5.75 Å². The lowest BCUT2D eigenvalue weighted by molar-refractivity contribution is -0.122. The third kappa shape index (κ3) is 5.17. The highest BCUT2D eigenvalue weighted by molar-refractivity contribution is 7.93. The molecule has 1 atom stereocenters. The summed E-state index contributed by atoms with van der Waals surface area (Å²) in [7, 11) is -3.74. The van der Waals surface area contributed by atoms with E-state index in [1.54, 1.807) is 12.3 Å². The van der Waals surface area contributed by atoms with E-state index in [4.69, 9.17) is 4.74 Å². The van der Waals surface area contributed by atoms with Crippen LogP contribution in [-0.4, -0.2) is 25.4 Å². The van der Waals surface area contributed by atoms with Crippen LogP contribution in [-0.2, 0) is 14.8 Å². The Balaban J connectivity index is 1.65. The van der Waals surface area contributed by atoms with E-state index in [9.17, 15) is 13.2 Å². The van der Waals surface area contributed by atoms with Crippen molar-refractivity contribution >= 4 is 38.1 Å². The van der Waals surface area contributed by atoms with Crippen LogP contribution in [0.3, 0.4) is 0 Å². The van der Waals surface area contributed by atoms with Crippen LogP contribution in [0.1, 0.15) is 23.6 Å².